The molecular formula is C67H47N3. The number of hydrogen-bond acceptors (Lipinski definition) is 3. The van der Waals surface area contributed by atoms with Crippen molar-refractivity contribution >= 4 is 51.2 Å². The van der Waals surface area contributed by atoms with Crippen LogP contribution in [0.2, 0.25) is 0 Å². The first kappa shape index (κ1) is 41.0. The lowest BCUT2D eigenvalue weighted by Gasteiger charge is -2.33. The molecule has 3 nitrogen and oxygen atoms in total. The molecule has 330 valence electrons. The lowest BCUT2D eigenvalue weighted by Crippen LogP contribution is -2.26. The zero-order valence-corrected chi connectivity index (χ0v) is 38.5. The third kappa shape index (κ3) is 6.66. The lowest BCUT2D eigenvalue weighted by atomic mass is 9.70. The van der Waals surface area contributed by atoms with Crippen molar-refractivity contribution in [2.75, 3.05) is 14.7 Å². The van der Waals surface area contributed by atoms with Gasteiger partial charge in [0, 0.05) is 51.1 Å². The minimum Gasteiger partial charge on any atom is -0.310 e. The highest BCUT2D eigenvalue weighted by Crippen LogP contribution is 2.64. The maximum absolute atomic E-state index is 2.49. The van der Waals surface area contributed by atoms with Gasteiger partial charge >= 0.3 is 0 Å². The third-order valence-corrected chi connectivity index (χ3v) is 14.2. The number of hydrogen-bond donors (Lipinski definition) is 0. The van der Waals surface area contributed by atoms with E-state index in [1.54, 1.807) is 0 Å². The van der Waals surface area contributed by atoms with Crippen LogP contribution in [0.4, 0.5) is 51.2 Å². The Morgan fingerprint density at radius 1 is 0.214 bits per heavy atom. The summed E-state index contributed by atoms with van der Waals surface area (Å²) in [7, 11) is 0. The second-order valence-corrected chi connectivity index (χ2v) is 18.1. The van der Waals surface area contributed by atoms with Gasteiger partial charge in [0.05, 0.1) is 11.1 Å². The van der Waals surface area contributed by atoms with Gasteiger partial charge in [-0.25, -0.2) is 0 Å². The van der Waals surface area contributed by atoms with Gasteiger partial charge in [0.1, 0.15) is 0 Å². The second-order valence-electron chi connectivity index (χ2n) is 18.1. The number of rotatable bonds is 10. The van der Waals surface area contributed by atoms with Gasteiger partial charge < -0.3 is 14.7 Å². The molecule has 70 heavy (non-hydrogen) atoms. The van der Waals surface area contributed by atoms with E-state index in [1.807, 2.05) is 0 Å². The lowest BCUT2D eigenvalue weighted by molar-refractivity contribution is 0.794. The molecule has 0 N–H and O–H groups in total. The van der Waals surface area contributed by atoms with Crippen molar-refractivity contribution in [1.82, 2.24) is 0 Å². The van der Waals surface area contributed by atoms with Crippen molar-refractivity contribution in [2.45, 2.75) is 5.41 Å². The minimum atomic E-state index is -0.488. The Bertz CT molecular complexity index is 3580. The fraction of sp³-hybridized carbons (Fsp3) is 0.0149. The van der Waals surface area contributed by atoms with E-state index in [4.69, 9.17) is 0 Å². The summed E-state index contributed by atoms with van der Waals surface area (Å²) in [5.41, 5.74) is 21.9. The first-order valence-electron chi connectivity index (χ1n) is 24.1. The Labute approximate surface area is 410 Å². The summed E-state index contributed by atoms with van der Waals surface area (Å²) in [5, 5.41) is 0. The molecule has 3 heteroatoms. The number of anilines is 9. The SMILES string of the molecule is c1ccc(-c2ccc(N(c3ccccc3)c3cccc(N(c4cccc(N(c5ccccc5)c5ccccc5)c4)c4cccc5c4-c4ccccc4C54c5ccccc5-c5ccccc54)c3)cc2)cc1. The predicted octanol–water partition coefficient (Wildman–Crippen LogP) is 18.1. The van der Waals surface area contributed by atoms with Gasteiger partial charge in [-0.2, -0.15) is 0 Å². The van der Waals surface area contributed by atoms with Crippen LogP contribution in [0.15, 0.2) is 285 Å². The summed E-state index contributed by atoms with van der Waals surface area (Å²) in [5.74, 6) is 0. The van der Waals surface area contributed by atoms with Gasteiger partial charge in [-0.1, -0.05) is 194 Å². The highest BCUT2D eigenvalue weighted by atomic mass is 15.2. The van der Waals surface area contributed by atoms with E-state index >= 15 is 0 Å². The first-order chi connectivity index (χ1) is 34.8. The van der Waals surface area contributed by atoms with Crippen molar-refractivity contribution in [3.8, 4) is 33.4 Å². The van der Waals surface area contributed by atoms with Crippen LogP contribution < -0.4 is 14.7 Å². The van der Waals surface area contributed by atoms with E-state index in [0.717, 1.165) is 51.2 Å². The Morgan fingerprint density at radius 2 is 0.543 bits per heavy atom. The van der Waals surface area contributed by atoms with Crippen molar-refractivity contribution < 1.29 is 0 Å². The van der Waals surface area contributed by atoms with E-state index in [-0.39, 0.29) is 0 Å². The van der Waals surface area contributed by atoms with Gasteiger partial charge in [-0.15, -0.1) is 0 Å². The van der Waals surface area contributed by atoms with Crippen LogP contribution in [0, 0.1) is 0 Å². The highest BCUT2D eigenvalue weighted by molar-refractivity contribution is 6.01. The molecule has 0 heterocycles. The summed E-state index contributed by atoms with van der Waals surface area (Å²) in [6.07, 6.45) is 0. The number of benzene rings is 11. The summed E-state index contributed by atoms with van der Waals surface area (Å²) >= 11 is 0. The summed E-state index contributed by atoms with van der Waals surface area (Å²) in [4.78, 5) is 7.20. The molecule has 2 aliphatic rings. The molecule has 0 radical (unpaired) electrons. The van der Waals surface area contributed by atoms with Crippen molar-refractivity contribution in [3.63, 3.8) is 0 Å². The molecule has 11 aromatic rings. The largest absolute Gasteiger partial charge is 0.310 e. The quantitative estimate of drug-likeness (QED) is 0.135. The molecule has 0 atom stereocenters. The molecule has 0 aromatic heterocycles. The fourth-order valence-corrected chi connectivity index (χ4v) is 11.3. The fourth-order valence-electron chi connectivity index (χ4n) is 11.3. The van der Waals surface area contributed by atoms with Crippen LogP contribution >= 0.6 is 0 Å². The maximum atomic E-state index is 2.49. The van der Waals surface area contributed by atoms with Crippen molar-refractivity contribution in [3.05, 3.63) is 307 Å². The van der Waals surface area contributed by atoms with E-state index in [1.165, 1.54) is 55.6 Å². The number of para-hydroxylation sites is 3. The number of nitrogens with zero attached hydrogens (tertiary/aromatic N) is 3. The minimum absolute atomic E-state index is 0.488. The van der Waals surface area contributed by atoms with E-state index in [2.05, 4.69) is 300 Å². The van der Waals surface area contributed by atoms with Gasteiger partial charge in [0.2, 0.25) is 0 Å². The summed E-state index contributed by atoms with van der Waals surface area (Å²) in [6, 6.07) is 104. The van der Waals surface area contributed by atoms with Gasteiger partial charge in [-0.3, -0.25) is 0 Å². The molecular weight excluding hydrogens is 847 g/mol. The standard InChI is InChI=1S/C67H47N3/c1-5-22-48(23-6-1)49-42-44-53(45-43-49)69(52-28-11-4-12-29-52)55-31-20-33-57(47-55)70(56-32-19-30-54(46-56)68(50-24-7-2-8-25-50)51-26-9-3-10-27-51)65-41-21-40-64-66(65)60-36-15-18-39-63(60)67(64)61-37-16-13-34-58(61)59-35-14-17-38-62(59)67/h1-47H. The van der Waals surface area contributed by atoms with Crippen LogP contribution in [0.25, 0.3) is 33.4 Å². The smallest absolute Gasteiger partial charge is 0.0726 e. The second kappa shape index (κ2) is 17.2. The molecule has 0 saturated heterocycles. The predicted molar refractivity (Wildman–Crippen MR) is 292 cm³/mol. The van der Waals surface area contributed by atoms with Crippen LogP contribution in [0.5, 0.6) is 0 Å². The zero-order valence-electron chi connectivity index (χ0n) is 38.5. The molecule has 2 aliphatic carbocycles. The molecule has 1 spiro atoms. The van der Waals surface area contributed by atoms with Gasteiger partial charge in [-0.05, 0) is 141 Å². The average Bonchev–Trinajstić information content (AvgIpc) is 3.91. The molecule has 13 rings (SSSR count). The molecule has 0 aliphatic heterocycles. The molecule has 0 saturated carbocycles. The van der Waals surface area contributed by atoms with Gasteiger partial charge in [0.25, 0.3) is 0 Å². The van der Waals surface area contributed by atoms with Crippen LogP contribution in [-0.2, 0) is 5.41 Å². The number of fused-ring (bicyclic) bond motifs is 10. The molecule has 0 bridgehead atoms. The topological polar surface area (TPSA) is 9.72 Å². The monoisotopic (exact) mass is 893 g/mol. The van der Waals surface area contributed by atoms with Gasteiger partial charge in [0.15, 0.2) is 0 Å². The Kier molecular flexibility index (Phi) is 10.1. The van der Waals surface area contributed by atoms with Crippen LogP contribution in [-0.4, -0.2) is 0 Å². The van der Waals surface area contributed by atoms with E-state index in [9.17, 15) is 0 Å². The molecule has 11 aromatic carbocycles. The average molecular weight is 894 g/mol. The highest BCUT2D eigenvalue weighted by Gasteiger charge is 2.52. The van der Waals surface area contributed by atoms with Crippen LogP contribution in [0.1, 0.15) is 22.3 Å². The molecule has 0 fully saturated rings. The Morgan fingerprint density at radius 3 is 1.03 bits per heavy atom. The molecule has 0 unspecified atom stereocenters. The van der Waals surface area contributed by atoms with E-state index < -0.39 is 5.41 Å². The Balaban J connectivity index is 1.05. The Hall–Kier alpha value is -9.18. The van der Waals surface area contributed by atoms with Crippen molar-refractivity contribution in [2.24, 2.45) is 0 Å². The van der Waals surface area contributed by atoms with E-state index in [0.29, 0.717) is 0 Å². The summed E-state index contributed by atoms with van der Waals surface area (Å²) in [6.45, 7) is 0. The zero-order chi connectivity index (χ0) is 46.4. The maximum Gasteiger partial charge on any atom is 0.0726 e. The van der Waals surface area contributed by atoms with Crippen LogP contribution in [0.3, 0.4) is 0 Å². The molecule has 0 amide bonds. The third-order valence-electron chi connectivity index (χ3n) is 14.2. The first-order valence-corrected chi connectivity index (χ1v) is 24.1. The summed E-state index contributed by atoms with van der Waals surface area (Å²) < 4.78 is 0. The normalized spacial score (nSPS) is 12.4. The van der Waals surface area contributed by atoms with Crippen molar-refractivity contribution in [1.29, 1.82) is 0 Å².